The fourth-order valence-electron chi connectivity index (χ4n) is 1.16. The second kappa shape index (κ2) is 5.45. The average Bonchev–Trinajstić information content (AvgIpc) is 2.28. The van der Waals surface area contributed by atoms with Crippen LogP contribution in [0.2, 0.25) is 0 Å². The summed E-state index contributed by atoms with van der Waals surface area (Å²) in [6.45, 7) is 1.48. The Morgan fingerprint density at radius 2 is 2.06 bits per heavy atom. The van der Waals surface area contributed by atoms with Crippen molar-refractivity contribution in [3.05, 3.63) is 34.4 Å². The largest absolute Gasteiger partial charge is 0.449 e. The maximum atomic E-state index is 11.7. The van der Waals surface area contributed by atoms with Crippen molar-refractivity contribution in [1.82, 2.24) is 4.72 Å². The third-order valence-electron chi connectivity index (χ3n) is 1.84. The van der Waals surface area contributed by atoms with E-state index in [9.17, 15) is 23.3 Å². The third-order valence-corrected chi connectivity index (χ3v) is 3.20. The van der Waals surface area contributed by atoms with Gasteiger partial charge in [-0.1, -0.05) is 12.1 Å². The number of nitro groups is 1. The fraction of sp³-hybridized carbons (Fsp3) is 0.222. The zero-order valence-electron chi connectivity index (χ0n) is 9.32. The monoisotopic (exact) mass is 274 g/mol. The molecule has 0 radical (unpaired) electrons. The molecule has 0 saturated heterocycles. The highest BCUT2D eigenvalue weighted by Crippen LogP contribution is 2.22. The highest BCUT2D eigenvalue weighted by Gasteiger charge is 2.27. The van der Waals surface area contributed by atoms with Crippen LogP contribution in [0.4, 0.5) is 10.5 Å². The van der Waals surface area contributed by atoms with Crippen LogP contribution < -0.4 is 4.72 Å². The minimum absolute atomic E-state index is 0.0156. The van der Waals surface area contributed by atoms with Crippen molar-refractivity contribution in [3.63, 3.8) is 0 Å². The number of ether oxygens (including phenoxy) is 1. The van der Waals surface area contributed by atoms with Crippen LogP contribution in [0.25, 0.3) is 0 Å². The normalized spacial score (nSPS) is 10.7. The lowest BCUT2D eigenvalue weighted by atomic mass is 10.3. The number of carbonyl (C=O) groups is 1. The summed E-state index contributed by atoms with van der Waals surface area (Å²) >= 11 is 0. The van der Waals surface area contributed by atoms with Crippen molar-refractivity contribution in [2.24, 2.45) is 0 Å². The number of nitro benzene ring substituents is 1. The Hall–Kier alpha value is -2.16. The first-order valence-corrected chi connectivity index (χ1v) is 6.29. The lowest BCUT2D eigenvalue weighted by molar-refractivity contribution is -0.387. The van der Waals surface area contributed by atoms with Crippen molar-refractivity contribution >= 4 is 21.8 Å². The first-order chi connectivity index (χ1) is 8.38. The lowest BCUT2D eigenvalue weighted by Crippen LogP contribution is -2.31. The predicted molar refractivity (Wildman–Crippen MR) is 60.4 cm³/mol. The molecule has 9 heteroatoms. The minimum Gasteiger partial charge on any atom is -0.449 e. The molecule has 0 fully saturated rings. The number of amides is 1. The molecule has 1 rings (SSSR count). The quantitative estimate of drug-likeness (QED) is 0.647. The van der Waals surface area contributed by atoms with Gasteiger partial charge in [-0.05, 0) is 13.0 Å². The van der Waals surface area contributed by atoms with Crippen LogP contribution in [0, 0.1) is 10.1 Å². The smallest absolute Gasteiger partial charge is 0.421 e. The third kappa shape index (κ3) is 3.17. The molecule has 0 bridgehead atoms. The number of benzene rings is 1. The maximum Gasteiger partial charge on any atom is 0.421 e. The number of sulfonamides is 1. The lowest BCUT2D eigenvalue weighted by Gasteiger charge is -2.06. The minimum atomic E-state index is -4.32. The molecule has 0 atom stereocenters. The molecule has 0 heterocycles. The van der Waals surface area contributed by atoms with Crippen LogP contribution in [0.1, 0.15) is 6.92 Å². The summed E-state index contributed by atoms with van der Waals surface area (Å²) in [7, 11) is -4.32. The number of para-hydroxylation sites is 1. The number of hydrogen-bond acceptors (Lipinski definition) is 6. The summed E-state index contributed by atoms with van der Waals surface area (Å²) in [5.41, 5.74) is -0.616. The van der Waals surface area contributed by atoms with Gasteiger partial charge in [-0.3, -0.25) is 10.1 Å². The molecule has 1 aromatic carbocycles. The Kier molecular flexibility index (Phi) is 4.21. The van der Waals surface area contributed by atoms with Gasteiger partial charge in [0.15, 0.2) is 4.90 Å². The SMILES string of the molecule is CCOC(=O)NS(=O)(=O)c1ccccc1[N+](=O)[O-]. The van der Waals surface area contributed by atoms with Gasteiger partial charge < -0.3 is 4.74 Å². The zero-order valence-corrected chi connectivity index (χ0v) is 10.1. The van der Waals surface area contributed by atoms with Crippen molar-refractivity contribution < 1.29 is 22.9 Å². The summed E-state index contributed by atoms with van der Waals surface area (Å²) in [5.74, 6) is 0. The van der Waals surface area contributed by atoms with Crippen molar-refractivity contribution in [2.75, 3.05) is 6.61 Å². The summed E-state index contributed by atoms with van der Waals surface area (Å²) in [4.78, 5) is 20.3. The van der Waals surface area contributed by atoms with Gasteiger partial charge in [0.1, 0.15) is 0 Å². The molecule has 0 unspecified atom stereocenters. The molecule has 18 heavy (non-hydrogen) atoms. The summed E-state index contributed by atoms with van der Waals surface area (Å²) in [6.07, 6.45) is -1.18. The molecular weight excluding hydrogens is 264 g/mol. The summed E-state index contributed by atoms with van der Waals surface area (Å²) in [5, 5.41) is 10.7. The molecule has 98 valence electrons. The highest BCUT2D eigenvalue weighted by atomic mass is 32.2. The van der Waals surface area contributed by atoms with Gasteiger partial charge in [-0.15, -0.1) is 0 Å². The second-order valence-corrected chi connectivity index (χ2v) is 4.70. The molecular formula is C9H10N2O6S. The fourth-order valence-corrected chi connectivity index (χ4v) is 2.22. The molecule has 1 aromatic rings. The second-order valence-electron chi connectivity index (χ2n) is 3.05. The van der Waals surface area contributed by atoms with Crippen LogP contribution >= 0.6 is 0 Å². The Morgan fingerprint density at radius 3 is 2.61 bits per heavy atom. The Balaban J connectivity index is 3.13. The van der Waals surface area contributed by atoms with Gasteiger partial charge in [0, 0.05) is 6.07 Å². The van der Waals surface area contributed by atoms with E-state index in [0.717, 1.165) is 12.1 Å². The molecule has 8 nitrogen and oxygen atoms in total. The number of rotatable bonds is 4. The number of hydrogen-bond donors (Lipinski definition) is 1. The van der Waals surface area contributed by atoms with Crippen molar-refractivity contribution in [1.29, 1.82) is 0 Å². The van der Waals surface area contributed by atoms with E-state index in [0.29, 0.717) is 0 Å². The van der Waals surface area contributed by atoms with Gasteiger partial charge in [-0.2, -0.15) is 0 Å². The van der Waals surface area contributed by atoms with E-state index >= 15 is 0 Å². The van der Waals surface area contributed by atoms with Gasteiger partial charge in [0.05, 0.1) is 11.5 Å². The van der Waals surface area contributed by atoms with E-state index in [1.807, 2.05) is 0 Å². The number of nitrogens with one attached hydrogen (secondary N) is 1. The van der Waals surface area contributed by atoms with E-state index in [1.54, 1.807) is 4.72 Å². The van der Waals surface area contributed by atoms with E-state index < -0.39 is 31.6 Å². The van der Waals surface area contributed by atoms with E-state index in [1.165, 1.54) is 19.1 Å². The Morgan fingerprint density at radius 1 is 1.44 bits per heavy atom. The molecule has 1 amide bonds. The van der Waals surface area contributed by atoms with Crippen LogP contribution in [-0.2, 0) is 14.8 Å². The highest BCUT2D eigenvalue weighted by molar-refractivity contribution is 7.90. The van der Waals surface area contributed by atoms with Crippen molar-refractivity contribution in [3.8, 4) is 0 Å². The van der Waals surface area contributed by atoms with Crippen LogP contribution in [0.3, 0.4) is 0 Å². The summed E-state index contributed by atoms with van der Waals surface area (Å²) < 4.78 is 29.4. The van der Waals surface area contributed by atoms with Gasteiger partial charge in [-0.25, -0.2) is 17.9 Å². The predicted octanol–water partition coefficient (Wildman–Crippen LogP) is 1.03. The first kappa shape index (κ1) is 13.9. The molecule has 0 saturated carbocycles. The van der Waals surface area contributed by atoms with Crippen LogP contribution in [0.15, 0.2) is 29.2 Å². The van der Waals surface area contributed by atoms with Gasteiger partial charge in [0.25, 0.3) is 15.7 Å². The standard InChI is InChI=1S/C9H10N2O6S/c1-2-17-9(12)10-18(15,16)8-6-4-3-5-7(8)11(13)14/h3-6H,2H2,1H3,(H,10,12). The van der Waals surface area contributed by atoms with Crippen LogP contribution in [-0.4, -0.2) is 26.0 Å². The molecule has 0 aliphatic rings. The van der Waals surface area contributed by atoms with E-state index in [-0.39, 0.29) is 6.61 Å². The first-order valence-electron chi connectivity index (χ1n) is 4.81. The number of nitrogens with zero attached hydrogens (tertiary/aromatic N) is 1. The van der Waals surface area contributed by atoms with E-state index in [2.05, 4.69) is 4.74 Å². The summed E-state index contributed by atoms with van der Waals surface area (Å²) in [6, 6.07) is 4.69. The number of carbonyl (C=O) groups excluding carboxylic acids is 1. The molecule has 0 aliphatic carbocycles. The molecule has 0 spiro atoms. The Labute approximate surface area is 103 Å². The Bertz CT molecular complexity index is 568. The van der Waals surface area contributed by atoms with Crippen LogP contribution in [0.5, 0.6) is 0 Å². The van der Waals surface area contributed by atoms with E-state index in [4.69, 9.17) is 0 Å². The topological polar surface area (TPSA) is 116 Å². The van der Waals surface area contributed by atoms with Gasteiger partial charge >= 0.3 is 6.09 Å². The van der Waals surface area contributed by atoms with Gasteiger partial charge in [0.2, 0.25) is 0 Å². The zero-order chi connectivity index (χ0) is 13.8. The molecule has 0 aromatic heterocycles. The average molecular weight is 274 g/mol. The van der Waals surface area contributed by atoms with Crippen molar-refractivity contribution in [2.45, 2.75) is 11.8 Å². The molecule has 1 N–H and O–H groups in total. The maximum absolute atomic E-state index is 11.7. The molecule has 0 aliphatic heterocycles.